The number of nitrogens with two attached hydrogens (primary N) is 1. The summed E-state index contributed by atoms with van der Waals surface area (Å²) in [6, 6.07) is 8.86. The number of benzene rings is 1. The zero-order valence-electron chi connectivity index (χ0n) is 22.3. The molecule has 0 unspecified atom stereocenters. The highest BCUT2D eigenvalue weighted by Gasteiger charge is 2.35. The van der Waals surface area contributed by atoms with Crippen molar-refractivity contribution in [3.8, 4) is 11.1 Å². The Labute approximate surface area is 220 Å². The van der Waals surface area contributed by atoms with Crippen molar-refractivity contribution < 1.29 is 19.0 Å². The molecular weight excluding hydrogens is 466 g/mol. The number of pyridine rings is 1. The van der Waals surface area contributed by atoms with Crippen molar-refractivity contribution in [2.24, 2.45) is 0 Å². The van der Waals surface area contributed by atoms with Crippen molar-refractivity contribution in [3.63, 3.8) is 0 Å². The van der Waals surface area contributed by atoms with Crippen molar-refractivity contribution in [3.05, 3.63) is 53.2 Å². The molecule has 1 aromatic heterocycles. The van der Waals surface area contributed by atoms with Gasteiger partial charge in [0.1, 0.15) is 11.4 Å². The molecule has 7 nitrogen and oxygen atoms in total. The van der Waals surface area contributed by atoms with Gasteiger partial charge in [-0.2, -0.15) is 0 Å². The van der Waals surface area contributed by atoms with Gasteiger partial charge < -0.3 is 24.8 Å². The van der Waals surface area contributed by atoms with E-state index in [1.807, 2.05) is 31.9 Å². The van der Waals surface area contributed by atoms with Gasteiger partial charge in [0.15, 0.2) is 0 Å². The van der Waals surface area contributed by atoms with Crippen LogP contribution in [0.5, 0.6) is 0 Å². The quantitative estimate of drug-likeness (QED) is 0.540. The molecule has 1 aromatic carbocycles. The Morgan fingerprint density at radius 1 is 1.05 bits per heavy atom. The van der Waals surface area contributed by atoms with Gasteiger partial charge in [-0.15, -0.1) is 0 Å². The van der Waals surface area contributed by atoms with Gasteiger partial charge in [-0.25, -0.2) is 9.78 Å². The van der Waals surface area contributed by atoms with E-state index >= 15 is 0 Å². The lowest BCUT2D eigenvalue weighted by atomic mass is 9.83. The van der Waals surface area contributed by atoms with Crippen LogP contribution in [-0.2, 0) is 14.2 Å². The summed E-state index contributed by atoms with van der Waals surface area (Å²) < 4.78 is 16.9. The van der Waals surface area contributed by atoms with E-state index in [9.17, 15) is 4.79 Å². The summed E-state index contributed by atoms with van der Waals surface area (Å²) in [5, 5.41) is 0. The van der Waals surface area contributed by atoms with E-state index in [0.717, 1.165) is 62.0 Å². The number of carbonyl (C=O) groups is 1. The third-order valence-electron chi connectivity index (χ3n) is 7.55. The number of nitrogens with zero attached hydrogens (tertiary/aromatic N) is 2. The molecule has 2 fully saturated rings. The van der Waals surface area contributed by atoms with E-state index in [2.05, 4.69) is 35.3 Å². The average molecular weight is 506 g/mol. The summed E-state index contributed by atoms with van der Waals surface area (Å²) in [6.07, 6.45) is 8.42. The monoisotopic (exact) mass is 505 g/mol. The number of ether oxygens (including phenoxy) is 3. The van der Waals surface area contributed by atoms with Crippen molar-refractivity contribution in [1.82, 2.24) is 9.88 Å². The molecule has 0 radical (unpaired) electrons. The van der Waals surface area contributed by atoms with Crippen LogP contribution in [0.3, 0.4) is 0 Å². The molecule has 2 aromatic rings. The minimum absolute atomic E-state index is 0.00735. The zero-order valence-corrected chi connectivity index (χ0v) is 22.3. The lowest BCUT2D eigenvalue weighted by Crippen LogP contribution is -2.36. The Balaban J connectivity index is 1.54. The van der Waals surface area contributed by atoms with Crippen molar-refractivity contribution in [2.45, 2.75) is 70.4 Å². The third-order valence-corrected chi connectivity index (χ3v) is 7.55. The van der Waals surface area contributed by atoms with Gasteiger partial charge >= 0.3 is 6.09 Å². The summed E-state index contributed by atoms with van der Waals surface area (Å²) in [4.78, 5) is 19.7. The summed E-state index contributed by atoms with van der Waals surface area (Å²) in [5.74, 6) is 0.967. The first-order valence-electron chi connectivity index (χ1n) is 13.5. The molecule has 0 bridgehead atoms. The van der Waals surface area contributed by atoms with Gasteiger partial charge in [0.05, 0.1) is 19.3 Å². The molecular formula is C30H39N3O4. The molecule has 2 saturated heterocycles. The van der Waals surface area contributed by atoms with Gasteiger partial charge in [0.25, 0.3) is 0 Å². The van der Waals surface area contributed by atoms with Crippen LogP contribution in [0.4, 0.5) is 10.6 Å². The maximum Gasteiger partial charge on any atom is 0.410 e. The lowest BCUT2D eigenvalue weighted by Gasteiger charge is -2.32. The van der Waals surface area contributed by atoms with E-state index < -0.39 is 5.60 Å². The predicted octanol–water partition coefficient (Wildman–Crippen LogP) is 6.10. The van der Waals surface area contributed by atoms with E-state index in [4.69, 9.17) is 19.9 Å². The molecule has 1 atom stereocenters. The summed E-state index contributed by atoms with van der Waals surface area (Å²) in [5.41, 5.74) is 12.6. The van der Waals surface area contributed by atoms with Crippen molar-refractivity contribution in [1.29, 1.82) is 0 Å². The Morgan fingerprint density at radius 2 is 1.86 bits per heavy atom. The van der Waals surface area contributed by atoms with Gasteiger partial charge in [0.2, 0.25) is 0 Å². The van der Waals surface area contributed by atoms with E-state index in [1.54, 1.807) is 0 Å². The fraction of sp³-hybridized carbons (Fsp3) is 0.533. The van der Waals surface area contributed by atoms with Crippen LogP contribution in [0, 0.1) is 0 Å². The molecule has 3 aliphatic rings. The normalized spacial score (nSPS) is 21.1. The maximum atomic E-state index is 13.2. The second kappa shape index (κ2) is 10.8. The minimum Gasteiger partial charge on any atom is -0.444 e. The molecule has 5 rings (SSSR count). The topological polar surface area (TPSA) is 86.9 Å². The first-order valence-corrected chi connectivity index (χ1v) is 13.5. The van der Waals surface area contributed by atoms with Crippen LogP contribution in [0.25, 0.3) is 16.7 Å². The number of nitrogen functional groups attached to an aromatic ring is 1. The Kier molecular flexibility index (Phi) is 7.54. The standard InChI is InChI=1S/C30H39N3O4/c1-30(2,3)37-29(34)33-12-4-5-27(33)26-17-22(6-7-24(26)20-8-13-35-14-9-20)23-18-25(28(31)32-19-23)21-10-15-36-16-11-21/h6-7,10,17-20,27H,4-5,8-9,11-16H2,1-3H3,(H2,31,32)/t27-/m0/s1. The molecule has 7 heteroatoms. The first-order chi connectivity index (χ1) is 17.8. The van der Waals surface area contributed by atoms with E-state index in [1.165, 1.54) is 16.7 Å². The lowest BCUT2D eigenvalue weighted by molar-refractivity contribution is 0.0222. The van der Waals surface area contributed by atoms with Gasteiger partial charge in [0, 0.05) is 37.1 Å². The summed E-state index contributed by atoms with van der Waals surface area (Å²) >= 11 is 0. The van der Waals surface area contributed by atoms with Gasteiger partial charge in [-0.3, -0.25) is 0 Å². The van der Waals surface area contributed by atoms with E-state index in [0.29, 0.717) is 31.5 Å². The highest BCUT2D eigenvalue weighted by atomic mass is 16.6. The molecule has 0 aliphatic carbocycles. The van der Waals surface area contributed by atoms with Crippen molar-refractivity contribution in [2.75, 3.05) is 38.7 Å². The molecule has 198 valence electrons. The summed E-state index contributed by atoms with van der Waals surface area (Å²) in [7, 11) is 0. The van der Waals surface area contributed by atoms with Crippen LogP contribution >= 0.6 is 0 Å². The molecule has 0 saturated carbocycles. The highest BCUT2D eigenvalue weighted by Crippen LogP contribution is 2.42. The smallest absolute Gasteiger partial charge is 0.410 e. The maximum absolute atomic E-state index is 13.2. The summed E-state index contributed by atoms with van der Waals surface area (Å²) in [6.45, 7) is 9.32. The van der Waals surface area contributed by atoms with Crippen LogP contribution in [-0.4, -0.2) is 54.6 Å². The molecule has 2 N–H and O–H groups in total. The van der Waals surface area contributed by atoms with Gasteiger partial charge in [-0.1, -0.05) is 18.2 Å². The number of likely N-dealkylation sites (tertiary alicyclic amines) is 1. The van der Waals surface area contributed by atoms with Crippen molar-refractivity contribution >= 4 is 17.5 Å². The molecule has 0 spiro atoms. The second-order valence-corrected chi connectivity index (χ2v) is 11.3. The Bertz CT molecular complexity index is 1160. The average Bonchev–Trinajstić information content (AvgIpc) is 3.39. The molecule has 37 heavy (non-hydrogen) atoms. The van der Waals surface area contributed by atoms with Gasteiger partial charge in [-0.05, 0) is 93.2 Å². The molecule has 3 aliphatic heterocycles. The fourth-order valence-corrected chi connectivity index (χ4v) is 5.71. The number of amides is 1. The Morgan fingerprint density at radius 3 is 2.59 bits per heavy atom. The Hall–Kier alpha value is -2.90. The van der Waals surface area contributed by atoms with Crippen LogP contribution < -0.4 is 5.73 Å². The minimum atomic E-state index is -0.527. The fourth-order valence-electron chi connectivity index (χ4n) is 5.71. The van der Waals surface area contributed by atoms with Crippen LogP contribution in [0.15, 0.2) is 36.5 Å². The number of aromatic nitrogens is 1. The SMILES string of the molecule is CC(C)(C)OC(=O)N1CCC[C@H]1c1cc(-c2cnc(N)c(C3=CCOCC3)c2)ccc1C1CCOCC1. The number of anilines is 1. The number of carbonyl (C=O) groups excluding carboxylic acids is 1. The zero-order chi connectivity index (χ0) is 26.0. The predicted molar refractivity (Wildman–Crippen MR) is 145 cm³/mol. The highest BCUT2D eigenvalue weighted by molar-refractivity contribution is 5.78. The number of hydrogen-bond acceptors (Lipinski definition) is 6. The van der Waals surface area contributed by atoms with E-state index in [-0.39, 0.29) is 12.1 Å². The number of hydrogen-bond donors (Lipinski definition) is 1. The largest absolute Gasteiger partial charge is 0.444 e. The molecule has 4 heterocycles. The second-order valence-electron chi connectivity index (χ2n) is 11.3. The van der Waals surface area contributed by atoms with Crippen LogP contribution in [0.1, 0.15) is 81.5 Å². The number of rotatable bonds is 4. The first kappa shape index (κ1) is 25.7. The third kappa shape index (κ3) is 5.83. The molecule has 1 amide bonds. The van der Waals surface area contributed by atoms with Crippen LogP contribution in [0.2, 0.25) is 0 Å².